The normalized spacial score (nSPS) is 10.9. The third-order valence-electron chi connectivity index (χ3n) is 3.70. The summed E-state index contributed by atoms with van der Waals surface area (Å²) in [4.78, 5) is 3.55. The summed E-state index contributed by atoms with van der Waals surface area (Å²) in [6.45, 7) is 5.02. The van der Waals surface area contributed by atoms with Crippen LogP contribution >= 0.6 is 12.4 Å². The number of H-pyrrole nitrogens is 1. The molecule has 1 aromatic heterocycles. The molecule has 2 nitrogen and oxygen atoms in total. The van der Waals surface area contributed by atoms with E-state index >= 15 is 0 Å². The molecule has 3 rings (SSSR count). The summed E-state index contributed by atoms with van der Waals surface area (Å²) in [6.07, 6.45) is 0.928. The van der Waals surface area contributed by atoms with E-state index in [0.717, 1.165) is 6.42 Å². The van der Waals surface area contributed by atoms with Gasteiger partial charge in [-0.05, 0) is 49.6 Å². The van der Waals surface area contributed by atoms with Gasteiger partial charge in [-0.3, -0.25) is 0 Å². The lowest BCUT2D eigenvalue weighted by molar-refractivity contribution is 0.978. The Kier molecular flexibility index (Phi) is 3.83. The van der Waals surface area contributed by atoms with Crippen LogP contribution < -0.4 is 5.73 Å². The van der Waals surface area contributed by atoms with Crippen molar-refractivity contribution in [3.63, 3.8) is 0 Å². The number of halogens is 1. The maximum atomic E-state index is 5.72. The van der Waals surface area contributed by atoms with Gasteiger partial charge in [-0.2, -0.15) is 0 Å². The number of aromatic amines is 1. The van der Waals surface area contributed by atoms with Gasteiger partial charge in [-0.1, -0.05) is 24.3 Å². The first-order chi connectivity index (χ1) is 8.72. The average molecular weight is 275 g/mol. The van der Waals surface area contributed by atoms with Crippen molar-refractivity contribution in [2.45, 2.75) is 20.3 Å². The second kappa shape index (κ2) is 5.24. The summed E-state index contributed by atoms with van der Waals surface area (Å²) >= 11 is 0. The van der Waals surface area contributed by atoms with Crippen molar-refractivity contribution >= 4 is 34.2 Å². The molecule has 0 saturated carbocycles. The molecule has 2 aromatic carbocycles. The first-order valence-electron chi connectivity index (χ1n) is 6.42. The van der Waals surface area contributed by atoms with Crippen molar-refractivity contribution in [2.75, 3.05) is 6.54 Å². The molecule has 0 saturated heterocycles. The first kappa shape index (κ1) is 13.9. The largest absolute Gasteiger partial charge is 0.354 e. The van der Waals surface area contributed by atoms with Gasteiger partial charge in [0.1, 0.15) is 0 Å². The Morgan fingerprint density at radius 1 is 1.00 bits per heavy atom. The monoisotopic (exact) mass is 274 g/mol. The van der Waals surface area contributed by atoms with E-state index in [1.807, 2.05) is 0 Å². The molecular weight excluding hydrogens is 256 g/mol. The van der Waals surface area contributed by atoms with Crippen LogP contribution in [0.15, 0.2) is 30.3 Å². The summed E-state index contributed by atoms with van der Waals surface area (Å²) in [6, 6.07) is 10.8. The lowest BCUT2D eigenvalue weighted by atomic mass is 10.00. The van der Waals surface area contributed by atoms with Crippen LogP contribution in [-0.2, 0) is 6.42 Å². The molecule has 0 fully saturated rings. The van der Waals surface area contributed by atoms with Crippen LogP contribution in [0.1, 0.15) is 16.7 Å². The van der Waals surface area contributed by atoms with E-state index < -0.39 is 0 Å². The van der Waals surface area contributed by atoms with Gasteiger partial charge in [0.15, 0.2) is 0 Å². The van der Waals surface area contributed by atoms with E-state index in [4.69, 9.17) is 5.73 Å². The molecule has 0 bridgehead atoms. The van der Waals surface area contributed by atoms with Crippen molar-refractivity contribution < 1.29 is 0 Å². The van der Waals surface area contributed by atoms with Crippen LogP contribution in [0.3, 0.4) is 0 Å². The average Bonchev–Trinajstić information content (AvgIpc) is 2.76. The van der Waals surface area contributed by atoms with Gasteiger partial charge in [-0.25, -0.2) is 0 Å². The minimum absolute atomic E-state index is 0. The number of aryl methyl sites for hydroxylation is 2. The Balaban J connectivity index is 0.00000133. The highest BCUT2D eigenvalue weighted by Crippen LogP contribution is 2.32. The SMILES string of the molecule is Cc1ccc(C)c2c1[nH]c1cccc(CCN)c12.Cl. The fraction of sp³-hybridized carbons (Fsp3) is 0.250. The number of aromatic nitrogens is 1. The molecular formula is C16H19ClN2. The molecule has 0 amide bonds. The molecule has 1 heterocycles. The molecule has 19 heavy (non-hydrogen) atoms. The quantitative estimate of drug-likeness (QED) is 0.732. The van der Waals surface area contributed by atoms with Crippen LogP contribution in [0.5, 0.6) is 0 Å². The Bertz CT molecular complexity index is 728. The molecule has 0 aliphatic rings. The smallest absolute Gasteiger partial charge is 0.0497 e. The van der Waals surface area contributed by atoms with E-state index in [1.165, 1.54) is 38.5 Å². The topological polar surface area (TPSA) is 41.8 Å². The van der Waals surface area contributed by atoms with Crippen molar-refractivity contribution in [1.82, 2.24) is 4.98 Å². The minimum atomic E-state index is 0. The summed E-state index contributed by atoms with van der Waals surface area (Å²) < 4.78 is 0. The third-order valence-corrected chi connectivity index (χ3v) is 3.70. The summed E-state index contributed by atoms with van der Waals surface area (Å²) in [7, 11) is 0. The lowest BCUT2D eigenvalue weighted by Crippen LogP contribution is -2.02. The molecule has 0 aliphatic carbocycles. The Morgan fingerprint density at radius 3 is 2.47 bits per heavy atom. The van der Waals surface area contributed by atoms with Gasteiger partial charge in [0, 0.05) is 21.8 Å². The van der Waals surface area contributed by atoms with E-state index in [9.17, 15) is 0 Å². The zero-order chi connectivity index (χ0) is 12.7. The fourth-order valence-corrected chi connectivity index (χ4v) is 2.79. The van der Waals surface area contributed by atoms with Gasteiger partial charge in [0.25, 0.3) is 0 Å². The minimum Gasteiger partial charge on any atom is -0.354 e. The Hall–Kier alpha value is -1.51. The Labute approximate surface area is 119 Å². The number of hydrogen-bond acceptors (Lipinski definition) is 1. The summed E-state index contributed by atoms with van der Waals surface area (Å²) in [5, 5.41) is 2.70. The number of hydrogen-bond donors (Lipinski definition) is 2. The zero-order valence-electron chi connectivity index (χ0n) is 11.3. The van der Waals surface area contributed by atoms with Crippen LogP contribution in [0.25, 0.3) is 21.8 Å². The maximum Gasteiger partial charge on any atom is 0.0497 e. The van der Waals surface area contributed by atoms with Gasteiger partial charge < -0.3 is 10.7 Å². The maximum absolute atomic E-state index is 5.72. The number of nitrogens with two attached hydrogens (primary N) is 1. The Morgan fingerprint density at radius 2 is 1.74 bits per heavy atom. The van der Waals surface area contributed by atoms with Crippen molar-refractivity contribution in [2.24, 2.45) is 5.73 Å². The highest BCUT2D eigenvalue weighted by atomic mass is 35.5. The summed E-state index contributed by atoms with van der Waals surface area (Å²) in [5.74, 6) is 0. The molecule has 100 valence electrons. The van der Waals surface area contributed by atoms with Gasteiger partial charge in [-0.15, -0.1) is 12.4 Å². The molecule has 3 N–H and O–H groups in total. The second-order valence-electron chi connectivity index (χ2n) is 4.95. The van der Waals surface area contributed by atoms with E-state index in [0.29, 0.717) is 6.54 Å². The standard InChI is InChI=1S/C16H18N2.ClH/c1-10-6-7-11(2)16-14(10)15-12(8-9-17)4-3-5-13(15)18-16;/h3-7,18H,8-9,17H2,1-2H3;1H. The van der Waals surface area contributed by atoms with E-state index in [-0.39, 0.29) is 12.4 Å². The van der Waals surface area contributed by atoms with Crippen LogP contribution in [-0.4, -0.2) is 11.5 Å². The van der Waals surface area contributed by atoms with Gasteiger partial charge in [0.2, 0.25) is 0 Å². The van der Waals surface area contributed by atoms with Gasteiger partial charge in [0.05, 0.1) is 0 Å². The first-order valence-corrected chi connectivity index (χ1v) is 6.42. The molecule has 0 atom stereocenters. The van der Waals surface area contributed by atoms with Crippen LogP contribution in [0.2, 0.25) is 0 Å². The molecule has 3 heteroatoms. The van der Waals surface area contributed by atoms with Crippen LogP contribution in [0, 0.1) is 13.8 Å². The lowest BCUT2D eigenvalue weighted by Gasteiger charge is -2.04. The third kappa shape index (κ3) is 2.11. The predicted molar refractivity (Wildman–Crippen MR) is 85.3 cm³/mol. The van der Waals surface area contributed by atoms with E-state index in [2.05, 4.69) is 49.2 Å². The van der Waals surface area contributed by atoms with Crippen molar-refractivity contribution in [3.05, 3.63) is 47.0 Å². The fourth-order valence-electron chi connectivity index (χ4n) is 2.79. The molecule has 3 aromatic rings. The number of benzene rings is 2. The second-order valence-corrected chi connectivity index (χ2v) is 4.95. The molecule has 0 spiro atoms. The van der Waals surface area contributed by atoms with Crippen molar-refractivity contribution in [1.29, 1.82) is 0 Å². The molecule has 0 unspecified atom stereocenters. The zero-order valence-corrected chi connectivity index (χ0v) is 12.1. The molecule has 0 radical (unpaired) electrons. The van der Waals surface area contributed by atoms with Crippen LogP contribution in [0.4, 0.5) is 0 Å². The van der Waals surface area contributed by atoms with E-state index in [1.54, 1.807) is 0 Å². The number of fused-ring (bicyclic) bond motifs is 3. The van der Waals surface area contributed by atoms with Gasteiger partial charge >= 0.3 is 0 Å². The highest BCUT2D eigenvalue weighted by Gasteiger charge is 2.11. The predicted octanol–water partition coefficient (Wildman–Crippen LogP) is 3.86. The summed E-state index contributed by atoms with van der Waals surface area (Å²) in [5.41, 5.74) is 12.2. The molecule has 0 aliphatic heterocycles. The highest BCUT2D eigenvalue weighted by molar-refractivity contribution is 6.11. The number of nitrogens with one attached hydrogen (secondary N) is 1. The number of rotatable bonds is 2. The van der Waals surface area contributed by atoms with Crippen molar-refractivity contribution in [3.8, 4) is 0 Å².